The van der Waals surface area contributed by atoms with E-state index >= 15 is 0 Å². The summed E-state index contributed by atoms with van der Waals surface area (Å²) >= 11 is 13.8. The highest BCUT2D eigenvalue weighted by molar-refractivity contribution is 8.13. The predicted molar refractivity (Wildman–Crippen MR) is 128 cm³/mol. The van der Waals surface area contributed by atoms with Crippen LogP contribution < -0.4 is 10.1 Å². The van der Waals surface area contributed by atoms with Gasteiger partial charge in [-0.1, -0.05) is 59.2 Å². The molecule has 0 aliphatic carbocycles. The van der Waals surface area contributed by atoms with Gasteiger partial charge in [0.25, 0.3) is 0 Å². The first kappa shape index (κ1) is 23.5. The molecule has 0 saturated heterocycles. The molecule has 1 aliphatic rings. The molecule has 0 amide bonds. The molecular weight excluding hydrogens is 455 g/mol. The summed E-state index contributed by atoms with van der Waals surface area (Å²) < 4.78 is 11.1. The van der Waals surface area contributed by atoms with Crippen molar-refractivity contribution >= 4 is 46.1 Å². The lowest BCUT2D eigenvalue weighted by atomic mass is 9.96. The van der Waals surface area contributed by atoms with Crippen LogP contribution in [0.15, 0.2) is 58.7 Å². The predicted octanol–water partition coefficient (Wildman–Crippen LogP) is 6.16. The quantitative estimate of drug-likeness (QED) is 0.482. The molecule has 3 rings (SSSR count). The van der Waals surface area contributed by atoms with E-state index in [-0.39, 0.29) is 6.61 Å². The number of aliphatic imine (C=N–C) groups is 1. The minimum Gasteiger partial charge on any atom is -0.494 e. The molecule has 0 radical (unpaired) electrons. The van der Waals surface area contributed by atoms with E-state index in [4.69, 9.17) is 37.7 Å². The van der Waals surface area contributed by atoms with Crippen molar-refractivity contribution in [1.29, 1.82) is 0 Å². The standard InChI is InChI=1S/C23H24Cl2N2O3S/c1-4-29-19-9-7-6-8-17(19)21-20(22(28)30-5-2)14(3)26-23(27-21)31-13-15-10-11-16(24)12-18(15)25/h6-12,21H,4-5,13H2,1-3H3,(H,26,27)/t21-/m0/s1. The first-order valence-corrected chi connectivity index (χ1v) is 11.7. The maximum atomic E-state index is 12.8. The lowest BCUT2D eigenvalue weighted by Gasteiger charge is -2.27. The summed E-state index contributed by atoms with van der Waals surface area (Å²) in [6.45, 7) is 6.36. The molecule has 1 atom stereocenters. The fraction of sp³-hybridized carbons (Fsp3) is 0.304. The number of thioether (sulfide) groups is 1. The van der Waals surface area contributed by atoms with Gasteiger partial charge in [0.2, 0.25) is 0 Å². The zero-order valence-corrected chi connectivity index (χ0v) is 19.9. The number of hydrogen-bond acceptors (Lipinski definition) is 6. The molecule has 0 saturated carbocycles. The van der Waals surface area contributed by atoms with Gasteiger partial charge in [-0.3, -0.25) is 0 Å². The zero-order valence-electron chi connectivity index (χ0n) is 17.6. The molecule has 0 bridgehead atoms. The molecule has 2 aromatic rings. The average Bonchev–Trinajstić information content (AvgIpc) is 2.73. The molecule has 5 nitrogen and oxygen atoms in total. The van der Waals surface area contributed by atoms with Crippen LogP contribution in [-0.2, 0) is 15.3 Å². The second-order valence-electron chi connectivity index (χ2n) is 6.72. The number of hydrogen-bond donors (Lipinski definition) is 1. The summed E-state index contributed by atoms with van der Waals surface area (Å²) in [5, 5.41) is 5.13. The number of ether oxygens (including phenoxy) is 2. The summed E-state index contributed by atoms with van der Waals surface area (Å²) in [5.74, 6) is 0.904. The van der Waals surface area contributed by atoms with Crippen LogP contribution in [-0.4, -0.2) is 24.4 Å². The van der Waals surface area contributed by atoms with E-state index in [2.05, 4.69) is 5.32 Å². The van der Waals surface area contributed by atoms with E-state index in [1.807, 2.05) is 50.2 Å². The Morgan fingerprint density at radius 2 is 1.94 bits per heavy atom. The van der Waals surface area contributed by atoms with Gasteiger partial charge in [-0.05, 0) is 44.5 Å². The highest BCUT2D eigenvalue weighted by atomic mass is 35.5. The van der Waals surface area contributed by atoms with Crippen LogP contribution in [0.4, 0.5) is 0 Å². The molecule has 164 valence electrons. The zero-order chi connectivity index (χ0) is 22.4. The largest absolute Gasteiger partial charge is 0.494 e. The van der Waals surface area contributed by atoms with Crippen LogP contribution in [0.5, 0.6) is 5.75 Å². The maximum absolute atomic E-state index is 12.8. The number of para-hydroxylation sites is 1. The van der Waals surface area contributed by atoms with Crippen molar-refractivity contribution in [2.75, 3.05) is 13.2 Å². The number of rotatable bonds is 7. The number of allylic oxidation sites excluding steroid dienone is 1. The summed E-state index contributed by atoms with van der Waals surface area (Å²) in [4.78, 5) is 17.6. The van der Waals surface area contributed by atoms with E-state index < -0.39 is 12.0 Å². The summed E-state index contributed by atoms with van der Waals surface area (Å²) in [6.07, 6.45) is 0. The highest BCUT2D eigenvalue weighted by Gasteiger charge is 2.32. The molecule has 0 spiro atoms. The fourth-order valence-electron chi connectivity index (χ4n) is 3.20. The second kappa shape index (κ2) is 10.9. The van der Waals surface area contributed by atoms with E-state index in [1.165, 1.54) is 11.8 Å². The Morgan fingerprint density at radius 1 is 1.16 bits per heavy atom. The van der Waals surface area contributed by atoms with Gasteiger partial charge in [0, 0.05) is 27.1 Å². The minimum absolute atomic E-state index is 0.288. The molecule has 31 heavy (non-hydrogen) atoms. The number of esters is 1. The van der Waals surface area contributed by atoms with Crippen LogP contribution >= 0.6 is 35.0 Å². The Bertz CT molecular complexity index is 1020. The third-order valence-corrected chi connectivity index (χ3v) is 6.13. The number of carbonyl (C=O) groups excluding carboxylic acids is 1. The molecular formula is C23H24Cl2N2O3S. The maximum Gasteiger partial charge on any atom is 0.338 e. The number of carbonyl (C=O) groups is 1. The first-order chi connectivity index (χ1) is 14.9. The van der Waals surface area contributed by atoms with Crippen molar-refractivity contribution in [3.05, 3.63) is 74.9 Å². The van der Waals surface area contributed by atoms with Crippen LogP contribution in [0.2, 0.25) is 10.0 Å². The summed E-state index contributed by atoms with van der Waals surface area (Å²) in [7, 11) is 0. The molecule has 2 aromatic carbocycles. The Labute approximate surface area is 196 Å². The Hall–Kier alpha value is -2.15. The van der Waals surface area contributed by atoms with E-state index in [9.17, 15) is 4.79 Å². The number of amidine groups is 1. The number of benzene rings is 2. The van der Waals surface area contributed by atoms with Gasteiger partial charge in [-0.25, -0.2) is 9.79 Å². The van der Waals surface area contributed by atoms with E-state index in [1.54, 1.807) is 13.0 Å². The number of nitrogens with one attached hydrogen (secondary N) is 1. The van der Waals surface area contributed by atoms with E-state index in [0.717, 1.165) is 11.1 Å². The minimum atomic E-state index is -0.536. The van der Waals surface area contributed by atoms with Gasteiger partial charge in [-0.15, -0.1) is 0 Å². The average molecular weight is 479 g/mol. The second-order valence-corrected chi connectivity index (χ2v) is 8.52. The SMILES string of the molecule is CCOC(=O)C1=C(C)NC(SCc2ccc(Cl)cc2Cl)=N[C@H]1c1ccccc1OCC. The molecule has 0 fully saturated rings. The molecule has 0 aromatic heterocycles. The topological polar surface area (TPSA) is 59.9 Å². The monoisotopic (exact) mass is 478 g/mol. The number of halogens is 2. The molecule has 1 heterocycles. The van der Waals surface area contributed by atoms with Crippen molar-refractivity contribution in [3.63, 3.8) is 0 Å². The van der Waals surface area contributed by atoms with Gasteiger partial charge in [0.1, 0.15) is 11.8 Å². The van der Waals surface area contributed by atoms with Gasteiger partial charge in [-0.2, -0.15) is 0 Å². The molecule has 1 N–H and O–H groups in total. The van der Waals surface area contributed by atoms with Crippen LogP contribution in [0, 0.1) is 0 Å². The summed E-state index contributed by atoms with van der Waals surface area (Å²) in [5.41, 5.74) is 2.94. The molecule has 1 aliphatic heterocycles. The fourth-order valence-corrected chi connectivity index (χ4v) is 4.70. The smallest absolute Gasteiger partial charge is 0.338 e. The Morgan fingerprint density at radius 3 is 2.65 bits per heavy atom. The van der Waals surface area contributed by atoms with Gasteiger partial charge < -0.3 is 14.8 Å². The van der Waals surface area contributed by atoms with Gasteiger partial charge >= 0.3 is 5.97 Å². The summed E-state index contributed by atoms with van der Waals surface area (Å²) in [6, 6.07) is 12.5. The lowest BCUT2D eigenvalue weighted by Crippen LogP contribution is -2.30. The van der Waals surface area contributed by atoms with Crippen molar-refractivity contribution in [1.82, 2.24) is 5.32 Å². The Balaban J connectivity index is 1.94. The van der Waals surface area contributed by atoms with Crippen molar-refractivity contribution in [2.24, 2.45) is 4.99 Å². The first-order valence-electron chi connectivity index (χ1n) is 9.95. The third kappa shape index (κ3) is 5.76. The highest BCUT2D eigenvalue weighted by Crippen LogP contribution is 2.38. The van der Waals surface area contributed by atoms with Crippen molar-refractivity contribution < 1.29 is 14.3 Å². The normalized spacial score (nSPS) is 15.9. The third-order valence-electron chi connectivity index (χ3n) is 4.61. The van der Waals surface area contributed by atoms with Crippen LogP contribution in [0.3, 0.4) is 0 Å². The van der Waals surface area contributed by atoms with Gasteiger partial charge in [0.15, 0.2) is 5.17 Å². The van der Waals surface area contributed by atoms with E-state index in [0.29, 0.717) is 44.6 Å². The molecule has 8 heteroatoms. The lowest BCUT2D eigenvalue weighted by molar-refractivity contribution is -0.138. The van der Waals surface area contributed by atoms with Crippen LogP contribution in [0.1, 0.15) is 37.9 Å². The number of nitrogens with zero attached hydrogens (tertiary/aromatic N) is 1. The Kier molecular flexibility index (Phi) is 8.29. The van der Waals surface area contributed by atoms with Crippen LogP contribution in [0.25, 0.3) is 0 Å². The van der Waals surface area contributed by atoms with Crippen molar-refractivity contribution in [2.45, 2.75) is 32.6 Å². The van der Waals surface area contributed by atoms with Gasteiger partial charge in [0.05, 0.1) is 18.8 Å². The van der Waals surface area contributed by atoms with Crippen molar-refractivity contribution in [3.8, 4) is 5.75 Å². The molecule has 0 unspecified atom stereocenters.